The first kappa shape index (κ1) is 12.7. The molecule has 1 aromatic carbocycles. The molecule has 0 bridgehead atoms. The molecule has 1 amide bonds. The van der Waals surface area contributed by atoms with E-state index in [0.29, 0.717) is 29.1 Å². The van der Waals surface area contributed by atoms with Crippen LogP contribution in [0.3, 0.4) is 0 Å². The Bertz CT molecular complexity index is 551. The zero-order valence-corrected chi connectivity index (χ0v) is 11.2. The predicted octanol–water partition coefficient (Wildman–Crippen LogP) is 1.83. The smallest absolute Gasteiger partial charge is 0.254 e. The van der Waals surface area contributed by atoms with Crippen molar-refractivity contribution in [1.82, 2.24) is 10.2 Å². The van der Waals surface area contributed by atoms with Crippen molar-refractivity contribution in [2.45, 2.75) is 4.90 Å². The van der Waals surface area contributed by atoms with Gasteiger partial charge < -0.3 is 10.2 Å². The Morgan fingerprint density at radius 3 is 2.74 bits per heavy atom. The number of amides is 1. The Labute approximate surface area is 113 Å². The second kappa shape index (κ2) is 4.64. The molecular formula is C13H16N2O3S. The van der Waals surface area contributed by atoms with Crippen molar-refractivity contribution >= 4 is 22.6 Å². The number of nitrogens with zero attached hydrogens (tertiary/aromatic N) is 1. The number of nitrogens with one attached hydrogen (secondary N) is 1. The summed E-state index contributed by atoms with van der Waals surface area (Å²) < 4.78 is 19.8. The van der Waals surface area contributed by atoms with E-state index in [0.717, 1.165) is 13.1 Å². The molecule has 102 valence electrons. The van der Waals surface area contributed by atoms with E-state index < -0.39 is 10.6 Å². The third-order valence-electron chi connectivity index (χ3n) is 3.45. The third kappa shape index (κ3) is 2.17. The highest BCUT2D eigenvalue weighted by Crippen LogP contribution is 2.56. The summed E-state index contributed by atoms with van der Waals surface area (Å²) in [5.41, 5.74) is 1.19. The van der Waals surface area contributed by atoms with Crippen LogP contribution in [0, 0.1) is 0 Å². The molecule has 0 unspecified atom stereocenters. The van der Waals surface area contributed by atoms with Crippen LogP contribution in [-0.4, -0.2) is 46.1 Å². The molecule has 0 aliphatic carbocycles. The van der Waals surface area contributed by atoms with E-state index in [1.807, 2.05) is 0 Å². The summed E-state index contributed by atoms with van der Waals surface area (Å²) >= 11 is 0. The second-order valence-corrected chi connectivity index (χ2v) is 6.55. The fraction of sp³-hybridized carbons (Fsp3) is 0.308. The van der Waals surface area contributed by atoms with E-state index in [9.17, 15) is 13.9 Å². The van der Waals surface area contributed by atoms with E-state index in [2.05, 4.69) is 5.32 Å². The number of carbonyl (C=O) groups is 1. The molecule has 3 N–H and O–H groups in total. The van der Waals surface area contributed by atoms with E-state index in [4.69, 9.17) is 0 Å². The summed E-state index contributed by atoms with van der Waals surface area (Å²) in [5.74, 6) is -0.0416. The molecule has 6 heteroatoms. The normalized spacial score (nSPS) is 22.1. The van der Waals surface area contributed by atoms with E-state index in [1.165, 1.54) is 5.41 Å². The minimum Gasteiger partial charge on any atom is -0.336 e. The van der Waals surface area contributed by atoms with Crippen LogP contribution in [0.2, 0.25) is 0 Å². The van der Waals surface area contributed by atoms with Gasteiger partial charge in [0.15, 0.2) is 0 Å². The maximum Gasteiger partial charge on any atom is 0.254 e. The topological polar surface area (TPSA) is 72.8 Å². The Morgan fingerprint density at radius 2 is 2.00 bits per heavy atom. The van der Waals surface area contributed by atoms with Gasteiger partial charge in [0.2, 0.25) is 0 Å². The van der Waals surface area contributed by atoms with Gasteiger partial charge in [-0.05, 0) is 18.2 Å². The number of fused-ring (bicyclic) bond motifs is 1. The Hall–Kier alpha value is -1.34. The quantitative estimate of drug-likeness (QED) is 0.734. The lowest BCUT2D eigenvalue weighted by atomic mass is 10.1. The molecule has 5 nitrogen and oxygen atoms in total. The minimum atomic E-state index is -2.86. The van der Waals surface area contributed by atoms with Crippen LogP contribution < -0.4 is 5.32 Å². The number of benzene rings is 1. The molecule has 0 atom stereocenters. The third-order valence-corrected chi connectivity index (χ3v) is 4.97. The Balaban J connectivity index is 1.96. The van der Waals surface area contributed by atoms with Crippen molar-refractivity contribution in [3.05, 3.63) is 34.7 Å². The highest BCUT2D eigenvalue weighted by atomic mass is 32.3. The first-order chi connectivity index (χ1) is 9.09. The first-order valence-corrected chi connectivity index (χ1v) is 7.80. The molecule has 0 spiro atoms. The van der Waals surface area contributed by atoms with Gasteiger partial charge in [0.1, 0.15) is 0 Å². The van der Waals surface area contributed by atoms with Gasteiger partial charge in [0.05, 0.1) is 4.90 Å². The van der Waals surface area contributed by atoms with Crippen molar-refractivity contribution in [2.24, 2.45) is 0 Å². The van der Waals surface area contributed by atoms with Crippen molar-refractivity contribution in [3.8, 4) is 0 Å². The number of hydrogen-bond acceptors (Lipinski definition) is 4. The molecular weight excluding hydrogens is 264 g/mol. The van der Waals surface area contributed by atoms with E-state index in [-0.39, 0.29) is 5.91 Å². The number of hydrogen-bond donors (Lipinski definition) is 3. The molecule has 0 saturated carbocycles. The summed E-state index contributed by atoms with van der Waals surface area (Å²) in [5, 5.41) is 4.58. The molecule has 2 aliphatic heterocycles. The predicted molar refractivity (Wildman–Crippen MR) is 75.4 cm³/mol. The lowest BCUT2D eigenvalue weighted by molar-refractivity contribution is 0.0735. The molecule has 1 saturated heterocycles. The summed E-state index contributed by atoms with van der Waals surface area (Å²) in [6, 6.07) is 5.11. The Kier molecular flexibility index (Phi) is 3.10. The molecule has 1 fully saturated rings. The van der Waals surface area contributed by atoms with E-state index >= 15 is 0 Å². The maximum atomic E-state index is 12.5. The summed E-state index contributed by atoms with van der Waals surface area (Å²) in [6.45, 7) is 2.96. The summed E-state index contributed by atoms with van der Waals surface area (Å²) in [6.07, 6.45) is 1.64. The average molecular weight is 280 g/mol. The van der Waals surface area contributed by atoms with Crippen molar-refractivity contribution in [3.63, 3.8) is 0 Å². The fourth-order valence-electron chi connectivity index (χ4n) is 2.44. The molecule has 19 heavy (non-hydrogen) atoms. The van der Waals surface area contributed by atoms with Crippen LogP contribution in [0.5, 0.6) is 0 Å². The minimum absolute atomic E-state index is 0.0416. The van der Waals surface area contributed by atoms with E-state index in [1.54, 1.807) is 29.2 Å². The molecule has 3 rings (SSSR count). The largest absolute Gasteiger partial charge is 0.336 e. The van der Waals surface area contributed by atoms with Gasteiger partial charge in [-0.3, -0.25) is 13.9 Å². The fourth-order valence-corrected chi connectivity index (χ4v) is 3.69. The lowest BCUT2D eigenvalue weighted by Gasteiger charge is -2.29. The molecule has 1 aromatic rings. The second-order valence-electron chi connectivity index (χ2n) is 4.66. The lowest BCUT2D eigenvalue weighted by Crippen LogP contribution is -2.46. The van der Waals surface area contributed by atoms with Gasteiger partial charge in [-0.15, -0.1) is 10.6 Å². The Morgan fingerprint density at radius 1 is 1.26 bits per heavy atom. The van der Waals surface area contributed by atoms with Crippen molar-refractivity contribution in [1.29, 1.82) is 0 Å². The number of carbonyl (C=O) groups excluding carboxylic acids is 1. The van der Waals surface area contributed by atoms with Gasteiger partial charge in [-0.25, -0.2) is 0 Å². The molecule has 0 radical (unpaired) electrons. The number of rotatable bonds is 1. The number of piperazine rings is 1. The van der Waals surface area contributed by atoms with Gasteiger partial charge >= 0.3 is 0 Å². The van der Waals surface area contributed by atoms with Crippen LogP contribution in [-0.2, 0) is 0 Å². The summed E-state index contributed by atoms with van der Waals surface area (Å²) in [4.78, 5) is 14.7. The van der Waals surface area contributed by atoms with Crippen LogP contribution >= 0.6 is 10.6 Å². The summed E-state index contributed by atoms with van der Waals surface area (Å²) in [7, 11) is -2.86. The highest BCUT2D eigenvalue weighted by Gasteiger charge is 2.27. The first-order valence-electron chi connectivity index (χ1n) is 6.19. The molecule has 2 aliphatic rings. The van der Waals surface area contributed by atoms with Crippen LogP contribution in [0.1, 0.15) is 15.9 Å². The van der Waals surface area contributed by atoms with Gasteiger partial charge in [0, 0.05) is 42.7 Å². The average Bonchev–Trinajstić information content (AvgIpc) is 2.75. The monoisotopic (exact) mass is 280 g/mol. The van der Waals surface area contributed by atoms with Crippen LogP contribution in [0.15, 0.2) is 28.5 Å². The van der Waals surface area contributed by atoms with Crippen molar-refractivity contribution in [2.75, 3.05) is 26.2 Å². The van der Waals surface area contributed by atoms with Gasteiger partial charge in [0.25, 0.3) is 5.91 Å². The zero-order chi connectivity index (χ0) is 13.5. The maximum absolute atomic E-state index is 12.5. The van der Waals surface area contributed by atoms with Crippen LogP contribution in [0.4, 0.5) is 0 Å². The highest BCUT2D eigenvalue weighted by molar-refractivity contribution is 8.27. The molecule has 0 aromatic heterocycles. The standard InChI is InChI=1S/C13H16N2O3S/c16-13(15-7-5-14-6-8-15)11-2-1-3-12-10(11)4-9-19(12,17)18/h1-4,9,14,17-18H,5-8H2. The zero-order valence-electron chi connectivity index (χ0n) is 10.4. The van der Waals surface area contributed by atoms with Crippen LogP contribution in [0.25, 0.3) is 6.08 Å². The SMILES string of the molecule is O=C(c1cccc2c1C=CS2(O)O)N1CCNCC1. The molecule has 2 heterocycles. The van der Waals surface area contributed by atoms with Crippen molar-refractivity contribution < 1.29 is 13.9 Å². The van der Waals surface area contributed by atoms with Gasteiger partial charge in [-0.1, -0.05) is 6.07 Å². The van der Waals surface area contributed by atoms with Gasteiger partial charge in [-0.2, -0.15) is 0 Å².